The highest BCUT2D eigenvalue weighted by Gasteiger charge is 2.15. The Bertz CT molecular complexity index is 187. The van der Waals surface area contributed by atoms with Gasteiger partial charge in [-0.1, -0.05) is 0 Å². The Balaban J connectivity index is 3.56. The Morgan fingerprint density at radius 2 is 2.25 bits per heavy atom. The van der Waals surface area contributed by atoms with Gasteiger partial charge in [-0.3, -0.25) is 4.79 Å². The van der Waals surface area contributed by atoms with Crippen molar-refractivity contribution >= 4 is 5.91 Å². The van der Waals surface area contributed by atoms with Crippen molar-refractivity contribution in [2.24, 2.45) is 5.73 Å². The van der Waals surface area contributed by atoms with Gasteiger partial charge in [0.05, 0.1) is 12.5 Å². The molecule has 0 aliphatic carbocycles. The zero-order valence-corrected chi connectivity index (χ0v) is 7.55. The molecule has 0 aromatic heterocycles. The maximum Gasteiger partial charge on any atom is 0.221 e. The molecule has 0 spiro atoms. The van der Waals surface area contributed by atoms with Gasteiger partial charge in [0.1, 0.15) is 0 Å². The minimum atomic E-state index is -0.475. The average molecular weight is 169 g/mol. The molecule has 0 heterocycles. The molecule has 0 rings (SSSR count). The molecular weight excluding hydrogens is 154 g/mol. The molecule has 0 aromatic carbocycles. The number of nitrogens with zero attached hydrogens (tertiary/aromatic N) is 1. The lowest BCUT2D eigenvalue weighted by Crippen LogP contribution is -2.39. The smallest absolute Gasteiger partial charge is 0.221 e. The Morgan fingerprint density at radius 1 is 1.67 bits per heavy atom. The van der Waals surface area contributed by atoms with Crippen molar-refractivity contribution in [3.05, 3.63) is 0 Å². The lowest BCUT2D eigenvalue weighted by molar-refractivity contribution is -0.121. The number of nitrogens with two attached hydrogens (primary N) is 1. The Labute approximate surface area is 72.7 Å². The van der Waals surface area contributed by atoms with Crippen molar-refractivity contribution in [2.75, 3.05) is 6.54 Å². The van der Waals surface area contributed by atoms with E-state index in [1.165, 1.54) is 0 Å². The van der Waals surface area contributed by atoms with Crippen LogP contribution in [0.2, 0.25) is 0 Å². The maximum atomic E-state index is 11.0. The first-order chi connectivity index (χ1) is 5.45. The van der Waals surface area contributed by atoms with Gasteiger partial charge < -0.3 is 11.1 Å². The van der Waals surface area contributed by atoms with Crippen LogP contribution in [0.5, 0.6) is 0 Å². The number of rotatable bonds is 4. The van der Waals surface area contributed by atoms with Crippen LogP contribution in [0, 0.1) is 11.3 Å². The highest BCUT2D eigenvalue weighted by atomic mass is 16.1. The first kappa shape index (κ1) is 10.9. The van der Waals surface area contributed by atoms with Crippen molar-refractivity contribution < 1.29 is 4.79 Å². The van der Waals surface area contributed by atoms with Crippen molar-refractivity contribution in [3.8, 4) is 6.07 Å². The molecule has 0 atom stereocenters. The summed E-state index contributed by atoms with van der Waals surface area (Å²) in [6.07, 6.45) is 0.634. The van der Waals surface area contributed by atoms with Gasteiger partial charge in [0.15, 0.2) is 0 Å². The van der Waals surface area contributed by atoms with Gasteiger partial charge in [-0.05, 0) is 13.8 Å². The molecule has 0 bridgehead atoms. The number of amides is 1. The quantitative estimate of drug-likeness (QED) is 0.588. The van der Waals surface area contributed by atoms with Crippen LogP contribution in [0.3, 0.4) is 0 Å². The first-order valence-corrected chi connectivity index (χ1v) is 3.88. The highest BCUT2D eigenvalue weighted by molar-refractivity contribution is 5.77. The van der Waals surface area contributed by atoms with Crippen LogP contribution in [0.15, 0.2) is 0 Å². The zero-order chi connectivity index (χ0) is 9.61. The van der Waals surface area contributed by atoms with Crippen molar-refractivity contribution in [1.29, 1.82) is 5.26 Å². The molecule has 68 valence electrons. The van der Waals surface area contributed by atoms with Gasteiger partial charge in [0, 0.05) is 18.5 Å². The molecule has 4 heteroatoms. The summed E-state index contributed by atoms with van der Waals surface area (Å²) in [7, 11) is 0. The second kappa shape index (κ2) is 4.73. The lowest BCUT2D eigenvalue weighted by atomic mass is 10.0. The molecule has 0 saturated carbocycles. The Kier molecular flexibility index (Phi) is 4.30. The van der Waals surface area contributed by atoms with Gasteiger partial charge >= 0.3 is 0 Å². The van der Waals surface area contributed by atoms with Gasteiger partial charge in [0.25, 0.3) is 0 Å². The fourth-order valence-electron chi connectivity index (χ4n) is 0.734. The number of nitrogens with one attached hydrogen (secondary N) is 1. The van der Waals surface area contributed by atoms with Gasteiger partial charge in [0.2, 0.25) is 5.91 Å². The summed E-state index contributed by atoms with van der Waals surface area (Å²) in [4.78, 5) is 11.0. The molecule has 0 aliphatic heterocycles. The summed E-state index contributed by atoms with van der Waals surface area (Å²) in [5, 5.41) is 10.8. The van der Waals surface area contributed by atoms with Crippen LogP contribution in [0.4, 0.5) is 0 Å². The van der Waals surface area contributed by atoms with E-state index in [4.69, 9.17) is 11.0 Å². The van der Waals surface area contributed by atoms with E-state index in [0.29, 0.717) is 19.4 Å². The van der Waals surface area contributed by atoms with Gasteiger partial charge in [-0.2, -0.15) is 5.26 Å². The SMILES string of the molecule is CC(C)(N)CC(=O)NCCC#N. The van der Waals surface area contributed by atoms with Crippen LogP contribution >= 0.6 is 0 Å². The molecule has 12 heavy (non-hydrogen) atoms. The lowest BCUT2D eigenvalue weighted by Gasteiger charge is -2.16. The summed E-state index contributed by atoms with van der Waals surface area (Å²) in [6, 6.07) is 1.94. The molecule has 0 aromatic rings. The third-order valence-corrected chi connectivity index (χ3v) is 1.18. The molecule has 3 N–H and O–H groups in total. The minimum Gasteiger partial charge on any atom is -0.355 e. The summed E-state index contributed by atoms with van der Waals surface area (Å²) in [6.45, 7) is 3.99. The molecule has 0 saturated heterocycles. The molecule has 0 aliphatic rings. The summed E-state index contributed by atoms with van der Waals surface area (Å²) in [5.41, 5.74) is 5.14. The normalized spacial score (nSPS) is 10.5. The van der Waals surface area contributed by atoms with E-state index in [-0.39, 0.29) is 5.91 Å². The van der Waals surface area contributed by atoms with Crippen LogP contribution in [0.1, 0.15) is 26.7 Å². The van der Waals surface area contributed by atoms with E-state index in [1.807, 2.05) is 6.07 Å². The minimum absolute atomic E-state index is 0.0993. The zero-order valence-electron chi connectivity index (χ0n) is 7.55. The van der Waals surface area contributed by atoms with Gasteiger partial charge in [-0.25, -0.2) is 0 Å². The third-order valence-electron chi connectivity index (χ3n) is 1.18. The molecule has 4 nitrogen and oxygen atoms in total. The van der Waals surface area contributed by atoms with Crippen molar-refractivity contribution in [2.45, 2.75) is 32.2 Å². The summed E-state index contributed by atoms with van der Waals surface area (Å²) < 4.78 is 0. The number of hydrogen-bond donors (Lipinski definition) is 2. The van der Waals surface area contributed by atoms with Crippen LogP contribution in [-0.2, 0) is 4.79 Å². The van der Waals surface area contributed by atoms with E-state index < -0.39 is 5.54 Å². The predicted molar refractivity (Wildman–Crippen MR) is 46.1 cm³/mol. The van der Waals surface area contributed by atoms with Gasteiger partial charge in [-0.15, -0.1) is 0 Å². The number of hydrogen-bond acceptors (Lipinski definition) is 3. The maximum absolute atomic E-state index is 11.0. The highest BCUT2D eigenvalue weighted by Crippen LogP contribution is 2.02. The van der Waals surface area contributed by atoms with Crippen molar-refractivity contribution in [1.82, 2.24) is 5.32 Å². The topological polar surface area (TPSA) is 78.9 Å². The predicted octanol–water partition coefficient (Wildman–Crippen LogP) is 0.144. The molecular formula is C8H15N3O. The third kappa shape index (κ3) is 7.03. The standard InChI is InChI=1S/C8H15N3O/c1-8(2,10)6-7(12)11-5-3-4-9/h3,5-6,10H2,1-2H3,(H,11,12). The monoisotopic (exact) mass is 169 g/mol. The number of carbonyl (C=O) groups excluding carboxylic acids is 1. The van der Waals surface area contributed by atoms with E-state index in [2.05, 4.69) is 5.32 Å². The molecule has 0 fully saturated rings. The molecule has 1 amide bonds. The van der Waals surface area contributed by atoms with Crippen LogP contribution < -0.4 is 11.1 Å². The number of carbonyl (C=O) groups is 1. The fourth-order valence-corrected chi connectivity index (χ4v) is 0.734. The van der Waals surface area contributed by atoms with E-state index >= 15 is 0 Å². The second-order valence-corrected chi connectivity index (χ2v) is 3.42. The Hall–Kier alpha value is -1.08. The first-order valence-electron chi connectivity index (χ1n) is 3.88. The van der Waals surface area contributed by atoms with Crippen molar-refractivity contribution in [3.63, 3.8) is 0 Å². The van der Waals surface area contributed by atoms with E-state index in [9.17, 15) is 4.79 Å². The molecule has 0 unspecified atom stereocenters. The summed E-state index contributed by atoms with van der Waals surface area (Å²) >= 11 is 0. The Morgan fingerprint density at radius 3 is 2.67 bits per heavy atom. The number of nitriles is 1. The van der Waals surface area contributed by atoms with Crippen LogP contribution in [-0.4, -0.2) is 18.0 Å². The molecule has 0 radical (unpaired) electrons. The summed E-state index contributed by atoms with van der Waals surface area (Å²) in [5.74, 6) is -0.0993. The second-order valence-electron chi connectivity index (χ2n) is 3.42. The van der Waals surface area contributed by atoms with E-state index in [0.717, 1.165) is 0 Å². The van der Waals surface area contributed by atoms with Crippen LogP contribution in [0.25, 0.3) is 0 Å². The van der Waals surface area contributed by atoms with E-state index in [1.54, 1.807) is 13.8 Å². The largest absolute Gasteiger partial charge is 0.355 e. The average Bonchev–Trinajstić information content (AvgIpc) is 1.84. The fraction of sp³-hybridized carbons (Fsp3) is 0.750.